The van der Waals surface area contributed by atoms with Crippen LogP contribution < -0.4 is 15.0 Å². The molecular formula is C18H22F2N4OS. The van der Waals surface area contributed by atoms with Gasteiger partial charge in [-0.1, -0.05) is 23.9 Å². The van der Waals surface area contributed by atoms with Crippen molar-refractivity contribution in [1.29, 1.82) is 0 Å². The zero-order valence-corrected chi connectivity index (χ0v) is 15.8. The summed E-state index contributed by atoms with van der Waals surface area (Å²) in [5, 5.41) is 3.91. The number of anilines is 1. The van der Waals surface area contributed by atoms with Crippen molar-refractivity contribution < 1.29 is 13.5 Å². The van der Waals surface area contributed by atoms with Crippen LogP contribution in [0.1, 0.15) is 19.4 Å². The molecule has 140 valence electrons. The Hall–Kier alpha value is -1.93. The number of methoxy groups -OCH3 is 1. The van der Waals surface area contributed by atoms with Crippen LogP contribution in [0.5, 0.6) is 5.88 Å². The van der Waals surface area contributed by atoms with E-state index < -0.39 is 11.6 Å². The molecule has 5 nitrogen and oxygen atoms in total. The van der Waals surface area contributed by atoms with Crippen LogP contribution >= 0.6 is 11.8 Å². The number of ether oxygens (including phenoxy) is 1. The molecule has 0 amide bonds. The van der Waals surface area contributed by atoms with Gasteiger partial charge in [0.1, 0.15) is 5.82 Å². The quantitative estimate of drug-likeness (QED) is 0.635. The van der Waals surface area contributed by atoms with Gasteiger partial charge < -0.3 is 15.0 Å². The van der Waals surface area contributed by atoms with Gasteiger partial charge in [0, 0.05) is 42.6 Å². The Bertz CT molecular complexity index is 777. The first-order chi connectivity index (χ1) is 12.5. The molecule has 1 aliphatic heterocycles. The van der Waals surface area contributed by atoms with Gasteiger partial charge in [-0.25, -0.2) is 13.8 Å². The molecule has 3 rings (SSSR count). The van der Waals surface area contributed by atoms with Gasteiger partial charge in [-0.15, -0.1) is 0 Å². The number of piperazine rings is 1. The lowest BCUT2D eigenvalue weighted by atomic mass is 10.1. The average molecular weight is 380 g/mol. The average Bonchev–Trinajstić information content (AvgIpc) is 2.64. The normalized spacial score (nSPS) is 20.3. The number of rotatable bonds is 5. The SMILES string of the molecule is COc1cc(N2C[C@@H](C)NC[C@@H]2C)nc(SCc2cccc(F)c2F)n1. The Kier molecular flexibility index (Phi) is 5.93. The van der Waals surface area contributed by atoms with Gasteiger partial charge in [-0.2, -0.15) is 4.98 Å². The summed E-state index contributed by atoms with van der Waals surface area (Å²) in [4.78, 5) is 11.1. The second-order valence-electron chi connectivity index (χ2n) is 6.36. The van der Waals surface area contributed by atoms with E-state index in [1.54, 1.807) is 19.2 Å². The lowest BCUT2D eigenvalue weighted by Crippen LogP contribution is -2.54. The van der Waals surface area contributed by atoms with Crippen molar-refractivity contribution in [2.75, 3.05) is 25.1 Å². The van der Waals surface area contributed by atoms with E-state index in [1.807, 2.05) is 0 Å². The van der Waals surface area contributed by atoms with Crippen LogP contribution in [-0.2, 0) is 5.75 Å². The van der Waals surface area contributed by atoms with Crippen molar-refractivity contribution in [3.8, 4) is 5.88 Å². The fourth-order valence-electron chi connectivity index (χ4n) is 2.85. The van der Waals surface area contributed by atoms with Crippen LogP contribution in [-0.4, -0.2) is 42.3 Å². The predicted octanol–water partition coefficient (Wildman–Crippen LogP) is 3.24. The molecule has 2 aromatic rings. The Morgan fingerprint density at radius 1 is 1.31 bits per heavy atom. The zero-order chi connectivity index (χ0) is 18.7. The van der Waals surface area contributed by atoms with Crippen LogP contribution in [0.3, 0.4) is 0 Å². The number of nitrogens with one attached hydrogen (secondary N) is 1. The van der Waals surface area contributed by atoms with Crippen molar-refractivity contribution in [3.63, 3.8) is 0 Å². The minimum atomic E-state index is -0.848. The first-order valence-corrected chi connectivity index (χ1v) is 9.45. The summed E-state index contributed by atoms with van der Waals surface area (Å²) < 4.78 is 32.5. The molecule has 1 aromatic carbocycles. The molecule has 2 heterocycles. The summed E-state index contributed by atoms with van der Waals surface area (Å²) in [6, 6.07) is 6.61. The molecule has 1 N–H and O–H groups in total. The number of hydrogen-bond donors (Lipinski definition) is 1. The summed E-state index contributed by atoms with van der Waals surface area (Å²) in [7, 11) is 1.55. The third-order valence-electron chi connectivity index (χ3n) is 4.32. The zero-order valence-electron chi connectivity index (χ0n) is 15.0. The van der Waals surface area contributed by atoms with Crippen LogP contribution in [0.15, 0.2) is 29.4 Å². The first kappa shape index (κ1) is 18.8. The minimum Gasteiger partial charge on any atom is -0.481 e. The minimum absolute atomic E-state index is 0.240. The molecule has 1 aliphatic rings. The van der Waals surface area contributed by atoms with Crippen LogP contribution in [0.2, 0.25) is 0 Å². The van der Waals surface area contributed by atoms with E-state index in [0.717, 1.165) is 25.0 Å². The number of nitrogens with zero attached hydrogens (tertiary/aromatic N) is 3. The molecule has 0 aliphatic carbocycles. The van der Waals surface area contributed by atoms with Gasteiger partial charge in [0.05, 0.1) is 7.11 Å². The van der Waals surface area contributed by atoms with Crippen LogP contribution in [0.4, 0.5) is 14.6 Å². The smallest absolute Gasteiger partial charge is 0.219 e. The number of halogens is 2. The first-order valence-electron chi connectivity index (χ1n) is 8.46. The summed E-state index contributed by atoms with van der Waals surface area (Å²) in [6.07, 6.45) is 0. The van der Waals surface area contributed by atoms with Crippen molar-refractivity contribution in [2.24, 2.45) is 0 Å². The van der Waals surface area contributed by atoms with Crippen LogP contribution in [0, 0.1) is 11.6 Å². The lowest BCUT2D eigenvalue weighted by Gasteiger charge is -2.38. The topological polar surface area (TPSA) is 50.3 Å². The van der Waals surface area contributed by atoms with Gasteiger partial charge in [-0.05, 0) is 19.9 Å². The van der Waals surface area contributed by atoms with Crippen molar-refractivity contribution in [3.05, 3.63) is 41.5 Å². The molecule has 0 unspecified atom stereocenters. The predicted molar refractivity (Wildman–Crippen MR) is 98.8 cm³/mol. The molecule has 0 radical (unpaired) electrons. The van der Waals surface area contributed by atoms with Gasteiger partial charge in [0.15, 0.2) is 16.8 Å². The Labute approximate surface area is 156 Å². The molecule has 26 heavy (non-hydrogen) atoms. The van der Waals surface area contributed by atoms with E-state index in [9.17, 15) is 8.78 Å². The van der Waals surface area contributed by atoms with Crippen molar-refractivity contribution in [1.82, 2.24) is 15.3 Å². The summed E-state index contributed by atoms with van der Waals surface area (Å²) >= 11 is 1.25. The number of benzene rings is 1. The highest BCUT2D eigenvalue weighted by Crippen LogP contribution is 2.28. The summed E-state index contributed by atoms with van der Waals surface area (Å²) in [6.45, 7) is 5.94. The lowest BCUT2D eigenvalue weighted by molar-refractivity contribution is 0.388. The molecule has 0 saturated carbocycles. The van der Waals surface area contributed by atoms with E-state index >= 15 is 0 Å². The fourth-order valence-corrected chi connectivity index (χ4v) is 3.67. The molecule has 1 saturated heterocycles. The monoisotopic (exact) mass is 380 g/mol. The summed E-state index contributed by atoms with van der Waals surface area (Å²) in [5.74, 6) is -0.203. The molecule has 0 spiro atoms. The number of aromatic nitrogens is 2. The summed E-state index contributed by atoms with van der Waals surface area (Å²) in [5.41, 5.74) is 0.284. The van der Waals surface area contributed by atoms with E-state index in [-0.39, 0.29) is 17.4 Å². The maximum atomic E-state index is 13.8. The fraction of sp³-hybridized carbons (Fsp3) is 0.444. The maximum Gasteiger partial charge on any atom is 0.219 e. The Morgan fingerprint density at radius 3 is 2.88 bits per heavy atom. The van der Waals surface area contributed by atoms with E-state index in [4.69, 9.17) is 4.74 Å². The van der Waals surface area contributed by atoms with Gasteiger partial charge in [0.25, 0.3) is 0 Å². The van der Waals surface area contributed by atoms with Crippen molar-refractivity contribution in [2.45, 2.75) is 36.8 Å². The molecule has 1 aromatic heterocycles. The van der Waals surface area contributed by atoms with Gasteiger partial charge in [-0.3, -0.25) is 0 Å². The largest absolute Gasteiger partial charge is 0.481 e. The van der Waals surface area contributed by atoms with Gasteiger partial charge >= 0.3 is 0 Å². The van der Waals surface area contributed by atoms with E-state index in [0.29, 0.717) is 17.1 Å². The second-order valence-corrected chi connectivity index (χ2v) is 7.31. The van der Waals surface area contributed by atoms with Gasteiger partial charge in [0.2, 0.25) is 5.88 Å². The molecule has 8 heteroatoms. The highest BCUT2D eigenvalue weighted by Gasteiger charge is 2.24. The second kappa shape index (κ2) is 8.18. The highest BCUT2D eigenvalue weighted by molar-refractivity contribution is 7.98. The third kappa shape index (κ3) is 4.24. The van der Waals surface area contributed by atoms with E-state index in [2.05, 4.69) is 34.0 Å². The maximum absolute atomic E-state index is 13.8. The number of hydrogen-bond acceptors (Lipinski definition) is 6. The molecule has 1 fully saturated rings. The Balaban J connectivity index is 1.82. The third-order valence-corrected chi connectivity index (χ3v) is 5.22. The molecular weight excluding hydrogens is 358 g/mol. The number of thioether (sulfide) groups is 1. The molecule has 2 atom stereocenters. The molecule has 0 bridgehead atoms. The van der Waals surface area contributed by atoms with Crippen molar-refractivity contribution >= 4 is 17.6 Å². The highest BCUT2D eigenvalue weighted by atomic mass is 32.2. The Morgan fingerprint density at radius 2 is 2.12 bits per heavy atom. The standard InChI is InChI=1S/C18H22F2N4OS/c1-11-9-24(12(2)8-21-11)15-7-16(25-3)23-18(22-15)26-10-13-5-4-6-14(19)17(13)20/h4-7,11-12,21H,8-10H2,1-3H3/t11-,12+/m1/s1. The van der Waals surface area contributed by atoms with Crippen LogP contribution in [0.25, 0.3) is 0 Å². The van der Waals surface area contributed by atoms with E-state index in [1.165, 1.54) is 17.8 Å².